The van der Waals surface area contributed by atoms with Gasteiger partial charge in [-0.05, 0) is 25.8 Å². The number of rotatable bonds is 4. The number of nitrogens with zero attached hydrogens (tertiary/aromatic N) is 1. The number of carboxylic acids is 1. The lowest BCUT2D eigenvalue weighted by Gasteiger charge is -2.36. The van der Waals surface area contributed by atoms with Gasteiger partial charge in [0.05, 0.1) is 6.42 Å². The zero-order valence-corrected chi connectivity index (χ0v) is 8.78. The van der Waals surface area contributed by atoms with Crippen LogP contribution in [0, 0.1) is 0 Å². The smallest absolute Gasteiger partial charge is 0.304 e. The molecule has 2 atom stereocenters. The molecule has 1 fully saturated rings. The van der Waals surface area contributed by atoms with Crippen molar-refractivity contribution < 1.29 is 9.90 Å². The zero-order valence-electron chi connectivity index (χ0n) is 8.78. The lowest BCUT2D eigenvalue weighted by molar-refractivity contribution is -0.138. The van der Waals surface area contributed by atoms with Crippen LogP contribution in [0.5, 0.6) is 0 Å². The Morgan fingerprint density at radius 1 is 1.71 bits per heavy atom. The first-order valence-electron chi connectivity index (χ1n) is 5.35. The molecule has 0 bridgehead atoms. The highest BCUT2D eigenvalue weighted by molar-refractivity contribution is 5.67. The van der Waals surface area contributed by atoms with Crippen LogP contribution in [0.2, 0.25) is 0 Å². The molecule has 82 valence electrons. The standard InChI is InChI=1S/C10H20N2O2/c1-2-9(6-10(13)14)12-5-3-4-8(11)7-12/h8-9H,2-7,11H2,1H3,(H,13,14). The fraction of sp³-hybridized carbons (Fsp3) is 0.900. The fourth-order valence-corrected chi connectivity index (χ4v) is 2.11. The molecule has 4 nitrogen and oxygen atoms in total. The molecular weight excluding hydrogens is 180 g/mol. The minimum atomic E-state index is -0.712. The molecule has 0 radical (unpaired) electrons. The molecule has 0 aromatic heterocycles. The molecule has 0 saturated carbocycles. The summed E-state index contributed by atoms with van der Waals surface area (Å²) in [5.41, 5.74) is 5.86. The predicted molar refractivity (Wildman–Crippen MR) is 55.1 cm³/mol. The molecule has 1 aliphatic heterocycles. The van der Waals surface area contributed by atoms with Crippen molar-refractivity contribution in [2.75, 3.05) is 13.1 Å². The van der Waals surface area contributed by atoms with Crippen LogP contribution < -0.4 is 5.73 Å². The van der Waals surface area contributed by atoms with Crippen LogP contribution in [-0.2, 0) is 4.79 Å². The van der Waals surface area contributed by atoms with Crippen molar-refractivity contribution in [2.24, 2.45) is 5.73 Å². The first-order valence-corrected chi connectivity index (χ1v) is 5.35. The van der Waals surface area contributed by atoms with Gasteiger partial charge in [-0.2, -0.15) is 0 Å². The Bertz CT molecular complexity index is 197. The fourth-order valence-electron chi connectivity index (χ4n) is 2.11. The highest BCUT2D eigenvalue weighted by atomic mass is 16.4. The Morgan fingerprint density at radius 3 is 2.93 bits per heavy atom. The average molecular weight is 200 g/mol. The third-order valence-corrected chi connectivity index (χ3v) is 2.89. The SMILES string of the molecule is CCC(CC(=O)O)N1CCCC(N)C1. The molecule has 0 spiro atoms. The second kappa shape index (κ2) is 5.32. The highest BCUT2D eigenvalue weighted by Crippen LogP contribution is 2.15. The van der Waals surface area contributed by atoms with Gasteiger partial charge < -0.3 is 10.8 Å². The number of carbonyl (C=O) groups is 1. The Morgan fingerprint density at radius 2 is 2.43 bits per heavy atom. The lowest BCUT2D eigenvalue weighted by Crippen LogP contribution is -2.48. The molecule has 3 N–H and O–H groups in total. The van der Waals surface area contributed by atoms with Gasteiger partial charge >= 0.3 is 5.97 Å². The second-order valence-corrected chi connectivity index (χ2v) is 4.06. The van der Waals surface area contributed by atoms with Gasteiger partial charge in [0.15, 0.2) is 0 Å². The Hall–Kier alpha value is -0.610. The maximum absolute atomic E-state index is 10.6. The van der Waals surface area contributed by atoms with E-state index in [1.807, 2.05) is 6.92 Å². The maximum atomic E-state index is 10.6. The van der Waals surface area contributed by atoms with E-state index in [0.717, 1.165) is 32.4 Å². The van der Waals surface area contributed by atoms with Crippen LogP contribution in [0.15, 0.2) is 0 Å². The van der Waals surface area contributed by atoms with Crippen molar-refractivity contribution in [1.82, 2.24) is 4.90 Å². The summed E-state index contributed by atoms with van der Waals surface area (Å²) in [6, 6.07) is 0.394. The molecule has 1 aliphatic rings. The van der Waals surface area contributed by atoms with Gasteiger partial charge in [0.25, 0.3) is 0 Å². The summed E-state index contributed by atoms with van der Waals surface area (Å²) in [6.07, 6.45) is 3.29. The summed E-state index contributed by atoms with van der Waals surface area (Å²) in [7, 11) is 0. The summed E-state index contributed by atoms with van der Waals surface area (Å²) in [5.74, 6) is -0.712. The van der Waals surface area contributed by atoms with E-state index in [0.29, 0.717) is 0 Å². The zero-order chi connectivity index (χ0) is 10.6. The third-order valence-electron chi connectivity index (χ3n) is 2.89. The maximum Gasteiger partial charge on any atom is 0.304 e. The summed E-state index contributed by atoms with van der Waals surface area (Å²) >= 11 is 0. The predicted octanol–water partition coefficient (Wildman–Crippen LogP) is 0.663. The van der Waals surface area contributed by atoms with Crippen molar-refractivity contribution in [3.8, 4) is 0 Å². The third kappa shape index (κ3) is 3.27. The largest absolute Gasteiger partial charge is 0.481 e. The molecular formula is C10H20N2O2. The van der Waals surface area contributed by atoms with Gasteiger partial charge in [-0.25, -0.2) is 0 Å². The number of hydrogen-bond donors (Lipinski definition) is 2. The number of likely N-dealkylation sites (tertiary alicyclic amines) is 1. The van der Waals surface area contributed by atoms with E-state index in [1.165, 1.54) is 0 Å². The minimum Gasteiger partial charge on any atom is -0.481 e. The Kier molecular flexibility index (Phi) is 4.35. The quantitative estimate of drug-likeness (QED) is 0.699. The molecule has 0 aliphatic carbocycles. The van der Waals surface area contributed by atoms with Crippen molar-refractivity contribution in [2.45, 2.75) is 44.7 Å². The van der Waals surface area contributed by atoms with Gasteiger partial charge in [-0.3, -0.25) is 9.69 Å². The van der Waals surface area contributed by atoms with E-state index < -0.39 is 5.97 Å². The summed E-state index contributed by atoms with van der Waals surface area (Å²) in [6.45, 7) is 3.89. The van der Waals surface area contributed by atoms with E-state index in [2.05, 4.69) is 4.90 Å². The Balaban J connectivity index is 2.46. The summed E-state index contributed by atoms with van der Waals surface area (Å²) < 4.78 is 0. The Labute approximate surface area is 85.1 Å². The lowest BCUT2D eigenvalue weighted by atomic mass is 10.0. The molecule has 2 unspecified atom stereocenters. The number of carboxylic acid groups (broad SMARTS) is 1. The number of hydrogen-bond acceptors (Lipinski definition) is 3. The normalized spacial score (nSPS) is 26.0. The highest BCUT2D eigenvalue weighted by Gasteiger charge is 2.24. The van der Waals surface area contributed by atoms with Crippen LogP contribution >= 0.6 is 0 Å². The molecule has 1 rings (SSSR count). The molecule has 1 heterocycles. The minimum absolute atomic E-state index is 0.166. The van der Waals surface area contributed by atoms with Crippen molar-refractivity contribution in [3.63, 3.8) is 0 Å². The van der Waals surface area contributed by atoms with Gasteiger partial charge in [0.1, 0.15) is 0 Å². The molecule has 1 saturated heterocycles. The van der Waals surface area contributed by atoms with E-state index in [4.69, 9.17) is 10.8 Å². The van der Waals surface area contributed by atoms with Gasteiger partial charge in [0.2, 0.25) is 0 Å². The molecule has 0 amide bonds. The molecule has 0 aromatic rings. The van der Waals surface area contributed by atoms with Crippen LogP contribution in [0.25, 0.3) is 0 Å². The van der Waals surface area contributed by atoms with Crippen molar-refractivity contribution in [3.05, 3.63) is 0 Å². The first kappa shape index (κ1) is 11.5. The topological polar surface area (TPSA) is 66.6 Å². The summed E-state index contributed by atoms with van der Waals surface area (Å²) in [4.78, 5) is 12.9. The van der Waals surface area contributed by atoms with Gasteiger partial charge in [-0.15, -0.1) is 0 Å². The number of piperidine rings is 1. The van der Waals surface area contributed by atoms with Crippen LogP contribution in [0.1, 0.15) is 32.6 Å². The van der Waals surface area contributed by atoms with E-state index in [9.17, 15) is 4.79 Å². The van der Waals surface area contributed by atoms with E-state index in [-0.39, 0.29) is 18.5 Å². The van der Waals surface area contributed by atoms with Crippen LogP contribution in [-0.4, -0.2) is 41.1 Å². The number of nitrogens with two attached hydrogens (primary N) is 1. The van der Waals surface area contributed by atoms with Crippen LogP contribution in [0.3, 0.4) is 0 Å². The average Bonchev–Trinajstić information content (AvgIpc) is 2.14. The number of aliphatic carboxylic acids is 1. The van der Waals surface area contributed by atoms with Crippen LogP contribution in [0.4, 0.5) is 0 Å². The first-order chi connectivity index (χ1) is 6.63. The van der Waals surface area contributed by atoms with Crippen molar-refractivity contribution >= 4 is 5.97 Å². The molecule has 14 heavy (non-hydrogen) atoms. The molecule has 4 heteroatoms. The van der Waals surface area contributed by atoms with Crippen molar-refractivity contribution in [1.29, 1.82) is 0 Å². The van der Waals surface area contributed by atoms with Gasteiger partial charge in [0, 0.05) is 18.6 Å². The second-order valence-electron chi connectivity index (χ2n) is 4.06. The summed E-state index contributed by atoms with van der Waals surface area (Å²) in [5, 5.41) is 8.75. The molecule has 0 aromatic carbocycles. The van der Waals surface area contributed by atoms with E-state index >= 15 is 0 Å². The monoisotopic (exact) mass is 200 g/mol. The van der Waals surface area contributed by atoms with Gasteiger partial charge in [-0.1, -0.05) is 6.92 Å². The van der Waals surface area contributed by atoms with E-state index in [1.54, 1.807) is 0 Å².